The van der Waals surface area contributed by atoms with Crippen LogP contribution in [0, 0.1) is 0 Å². The zero-order valence-electron chi connectivity index (χ0n) is 10.4. The number of carboxylic acid groups (broad SMARTS) is 1. The summed E-state index contributed by atoms with van der Waals surface area (Å²) < 4.78 is 1.76. The van der Waals surface area contributed by atoms with Crippen molar-refractivity contribution >= 4 is 17.4 Å². The van der Waals surface area contributed by atoms with Crippen LogP contribution in [0.3, 0.4) is 0 Å². The van der Waals surface area contributed by atoms with E-state index in [4.69, 9.17) is 10.8 Å². The van der Waals surface area contributed by atoms with Gasteiger partial charge in [-0.1, -0.05) is 6.07 Å². The zero-order valence-corrected chi connectivity index (χ0v) is 10.4. The number of nitrogen functional groups attached to an aromatic ring is 1. The Labute approximate surface area is 113 Å². The number of hydrogen-bond donors (Lipinski definition) is 2. The van der Waals surface area contributed by atoms with Gasteiger partial charge in [-0.15, -0.1) is 10.2 Å². The van der Waals surface area contributed by atoms with Gasteiger partial charge in [-0.3, -0.25) is 4.40 Å². The predicted octanol–water partition coefficient (Wildman–Crippen LogP) is 0.996. The second kappa shape index (κ2) is 4.61. The van der Waals surface area contributed by atoms with Crippen LogP contribution in [0.5, 0.6) is 0 Å². The lowest BCUT2D eigenvalue weighted by atomic mass is 10.1. The molecule has 0 radical (unpaired) electrons. The van der Waals surface area contributed by atoms with E-state index in [1.807, 2.05) is 6.20 Å². The van der Waals surface area contributed by atoms with Crippen LogP contribution < -0.4 is 5.73 Å². The monoisotopic (exact) mass is 269 g/mol. The Hall–Kier alpha value is -2.96. The van der Waals surface area contributed by atoms with Gasteiger partial charge in [0, 0.05) is 24.5 Å². The molecule has 3 rings (SSSR count). The van der Waals surface area contributed by atoms with Crippen molar-refractivity contribution in [3.63, 3.8) is 0 Å². The van der Waals surface area contributed by atoms with E-state index in [0.29, 0.717) is 18.0 Å². The van der Waals surface area contributed by atoms with Gasteiger partial charge in [0.15, 0.2) is 0 Å². The number of aromatic carboxylic acids is 1. The van der Waals surface area contributed by atoms with E-state index in [0.717, 1.165) is 5.56 Å². The molecule has 0 saturated carbocycles. The highest BCUT2D eigenvalue weighted by Gasteiger charge is 2.11. The van der Waals surface area contributed by atoms with Crippen LogP contribution in [-0.4, -0.2) is 30.7 Å². The highest BCUT2D eigenvalue weighted by atomic mass is 16.4. The Kier molecular flexibility index (Phi) is 2.79. The number of aromatic nitrogens is 4. The van der Waals surface area contributed by atoms with Gasteiger partial charge in [-0.25, -0.2) is 9.78 Å². The van der Waals surface area contributed by atoms with Gasteiger partial charge in [-0.05, 0) is 23.8 Å². The lowest BCUT2D eigenvalue weighted by molar-refractivity contribution is 0.0698. The van der Waals surface area contributed by atoms with E-state index >= 15 is 0 Å². The summed E-state index contributed by atoms with van der Waals surface area (Å²) in [6, 6.07) is 6.69. The highest BCUT2D eigenvalue weighted by molar-refractivity contribution is 5.93. The Morgan fingerprint density at radius 1 is 1.35 bits per heavy atom. The summed E-state index contributed by atoms with van der Waals surface area (Å²) in [5, 5.41) is 17.1. The van der Waals surface area contributed by atoms with E-state index in [9.17, 15) is 4.79 Å². The fourth-order valence-corrected chi connectivity index (χ4v) is 1.99. The van der Waals surface area contributed by atoms with Gasteiger partial charge in [0.25, 0.3) is 5.78 Å². The van der Waals surface area contributed by atoms with Crippen molar-refractivity contribution in [2.75, 3.05) is 5.73 Å². The Balaban J connectivity index is 1.99. The summed E-state index contributed by atoms with van der Waals surface area (Å²) in [4.78, 5) is 15.1. The SMILES string of the molecule is Nc1ccc(Cc2nnc3ncccn23)cc1C(=O)O. The van der Waals surface area contributed by atoms with Crippen LogP contribution in [0.2, 0.25) is 0 Å². The lowest BCUT2D eigenvalue weighted by Gasteiger charge is -2.04. The van der Waals surface area contributed by atoms with Crippen LogP contribution in [0.1, 0.15) is 21.7 Å². The van der Waals surface area contributed by atoms with Gasteiger partial charge < -0.3 is 10.8 Å². The maximum Gasteiger partial charge on any atom is 0.337 e. The molecule has 0 amide bonds. The molecule has 3 aromatic rings. The number of fused-ring (bicyclic) bond motifs is 1. The molecule has 20 heavy (non-hydrogen) atoms. The number of benzene rings is 1. The minimum atomic E-state index is -1.04. The molecule has 0 fully saturated rings. The molecule has 100 valence electrons. The highest BCUT2D eigenvalue weighted by Crippen LogP contribution is 2.16. The maximum atomic E-state index is 11.1. The molecular formula is C13H11N5O2. The summed E-state index contributed by atoms with van der Waals surface area (Å²) in [5.41, 5.74) is 6.77. The van der Waals surface area contributed by atoms with Gasteiger partial charge in [0.05, 0.1) is 5.56 Å². The molecule has 0 unspecified atom stereocenters. The minimum absolute atomic E-state index is 0.0921. The minimum Gasteiger partial charge on any atom is -0.478 e. The average molecular weight is 269 g/mol. The van der Waals surface area contributed by atoms with E-state index < -0.39 is 5.97 Å². The van der Waals surface area contributed by atoms with Crippen LogP contribution in [0.15, 0.2) is 36.7 Å². The maximum absolute atomic E-state index is 11.1. The van der Waals surface area contributed by atoms with Crippen molar-refractivity contribution in [2.45, 2.75) is 6.42 Å². The average Bonchev–Trinajstić information content (AvgIpc) is 2.84. The number of anilines is 1. The first-order chi connectivity index (χ1) is 9.65. The smallest absolute Gasteiger partial charge is 0.337 e. The van der Waals surface area contributed by atoms with Crippen LogP contribution in [-0.2, 0) is 6.42 Å². The molecule has 0 aliphatic rings. The first-order valence-electron chi connectivity index (χ1n) is 5.91. The summed E-state index contributed by atoms with van der Waals surface area (Å²) in [6.07, 6.45) is 3.90. The third kappa shape index (κ3) is 2.05. The molecule has 7 heteroatoms. The number of nitrogens with zero attached hydrogens (tertiary/aromatic N) is 4. The number of carboxylic acids is 1. The van der Waals surface area contributed by atoms with Gasteiger partial charge >= 0.3 is 5.97 Å². The number of rotatable bonds is 3. The number of carbonyl (C=O) groups is 1. The summed E-state index contributed by atoms with van der Waals surface area (Å²) in [7, 11) is 0. The molecule has 0 aliphatic carbocycles. The van der Waals surface area contributed by atoms with Gasteiger partial charge in [0.1, 0.15) is 5.82 Å². The Bertz CT molecular complexity index is 796. The fraction of sp³-hybridized carbons (Fsp3) is 0.0769. The molecular weight excluding hydrogens is 258 g/mol. The predicted molar refractivity (Wildman–Crippen MR) is 71.4 cm³/mol. The molecule has 0 spiro atoms. The number of nitrogens with two attached hydrogens (primary N) is 1. The second-order valence-corrected chi connectivity index (χ2v) is 4.31. The molecule has 0 bridgehead atoms. The van der Waals surface area contributed by atoms with E-state index in [1.54, 1.807) is 34.9 Å². The van der Waals surface area contributed by atoms with Crippen molar-refractivity contribution in [1.29, 1.82) is 0 Å². The van der Waals surface area contributed by atoms with Crippen molar-refractivity contribution in [3.05, 3.63) is 53.6 Å². The van der Waals surface area contributed by atoms with E-state index in [2.05, 4.69) is 15.2 Å². The van der Waals surface area contributed by atoms with Crippen LogP contribution in [0.4, 0.5) is 5.69 Å². The van der Waals surface area contributed by atoms with E-state index in [-0.39, 0.29) is 11.3 Å². The molecule has 2 aromatic heterocycles. The molecule has 0 saturated heterocycles. The zero-order chi connectivity index (χ0) is 14.1. The Morgan fingerprint density at radius 3 is 3.00 bits per heavy atom. The quantitative estimate of drug-likeness (QED) is 0.687. The number of hydrogen-bond acceptors (Lipinski definition) is 5. The van der Waals surface area contributed by atoms with E-state index in [1.165, 1.54) is 0 Å². The van der Waals surface area contributed by atoms with Crippen LogP contribution >= 0.6 is 0 Å². The summed E-state index contributed by atoms with van der Waals surface area (Å²) in [6.45, 7) is 0. The topological polar surface area (TPSA) is 106 Å². The first-order valence-corrected chi connectivity index (χ1v) is 5.91. The van der Waals surface area contributed by atoms with Gasteiger partial charge in [-0.2, -0.15) is 0 Å². The third-order valence-electron chi connectivity index (χ3n) is 2.97. The second-order valence-electron chi connectivity index (χ2n) is 4.31. The largest absolute Gasteiger partial charge is 0.478 e. The summed E-state index contributed by atoms with van der Waals surface area (Å²) >= 11 is 0. The molecule has 3 N–H and O–H groups in total. The lowest BCUT2D eigenvalue weighted by Crippen LogP contribution is -2.04. The van der Waals surface area contributed by atoms with Crippen molar-refractivity contribution in [3.8, 4) is 0 Å². The molecule has 7 nitrogen and oxygen atoms in total. The standard InChI is InChI=1S/C13H11N5O2/c14-10-3-2-8(6-9(10)12(19)20)7-11-16-17-13-15-4-1-5-18(11)13/h1-6H,7,14H2,(H,19,20). The fourth-order valence-electron chi connectivity index (χ4n) is 1.99. The van der Waals surface area contributed by atoms with Crippen molar-refractivity contribution in [1.82, 2.24) is 19.6 Å². The normalized spacial score (nSPS) is 10.8. The first kappa shape index (κ1) is 12.1. The third-order valence-corrected chi connectivity index (χ3v) is 2.97. The molecule has 0 aliphatic heterocycles. The molecule has 2 heterocycles. The van der Waals surface area contributed by atoms with Gasteiger partial charge in [0.2, 0.25) is 0 Å². The summed E-state index contributed by atoms with van der Waals surface area (Å²) in [5.74, 6) is 0.155. The van der Waals surface area contributed by atoms with Crippen LogP contribution in [0.25, 0.3) is 5.78 Å². The molecule has 1 aromatic carbocycles. The van der Waals surface area contributed by atoms with Crippen molar-refractivity contribution in [2.24, 2.45) is 0 Å². The molecule has 0 atom stereocenters. The van der Waals surface area contributed by atoms with Crippen molar-refractivity contribution < 1.29 is 9.90 Å². The Morgan fingerprint density at radius 2 is 2.20 bits per heavy atom.